The first-order valence-electron chi connectivity index (χ1n) is 5.74. The second kappa shape index (κ2) is 4.18. The van der Waals surface area contributed by atoms with Crippen molar-refractivity contribution in [3.8, 4) is 0 Å². The molecule has 0 aromatic carbocycles. The zero-order valence-electron chi connectivity index (χ0n) is 9.47. The Labute approximate surface area is 99.1 Å². The van der Waals surface area contributed by atoms with Gasteiger partial charge in [0.05, 0.1) is 18.8 Å². The summed E-state index contributed by atoms with van der Waals surface area (Å²) in [6.07, 6.45) is 3.94. The van der Waals surface area contributed by atoms with Crippen LogP contribution in [-0.4, -0.2) is 39.8 Å². The number of nitrogens with one attached hydrogen (secondary N) is 1. The molecule has 17 heavy (non-hydrogen) atoms. The van der Waals surface area contributed by atoms with E-state index < -0.39 is 0 Å². The molecule has 0 atom stereocenters. The zero-order valence-corrected chi connectivity index (χ0v) is 9.47. The van der Waals surface area contributed by atoms with E-state index in [1.165, 1.54) is 0 Å². The lowest BCUT2D eigenvalue weighted by Gasteiger charge is -2.26. The van der Waals surface area contributed by atoms with Crippen molar-refractivity contribution in [2.75, 3.05) is 19.6 Å². The Hall–Kier alpha value is -1.88. The molecule has 1 N–H and O–H groups in total. The Morgan fingerprint density at radius 1 is 1.41 bits per heavy atom. The minimum absolute atomic E-state index is 0.147. The van der Waals surface area contributed by atoms with Gasteiger partial charge < -0.3 is 14.6 Å². The molecule has 1 amide bonds. The summed E-state index contributed by atoms with van der Waals surface area (Å²) in [6.45, 7) is 2.65. The number of nitrogens with zero attached hydrogens (tertiary/aromatic N) is 3. The van der Waals surface area contributed by atoms with E-state index in [2.05, 4.69) is 10.3 Å². The Balaban J connectivity index is 1.82. The fraction of sp³-hybridized carbons (Fsp3) is 0.333. The highest BCUT2D eigenvalue weighted by atomic mass is 16.2. The van der Waals surface area contributed by atoms with Crippen LogP contribution in [0.2, 0.25) is 0 Å². The van der Waals surface area contributed by atoms with Gasteiger partial charge in [-0.2, -0.15) is 0 Å². The molecule has 1 fully saturated rings. The summed E-state index contributed by atoms with van der Waals surface area (Å²) in [5, 5.41) is 3.06. The third kappa shape index (κ3) is 2.01. The van der Waals surface area contributed by atoms with E-state index in [4.69, 9.17) is 0 Å². The van der Waals surface area contributed by atoms with Crippen molar-refractivity contribution in [3.63, 3.8) is 0 Å². The number of pyridine rings is 1. The largest absolute Gasteiger partial charge is 0.334 e. The van der Waals surface area contributed by atoms with E-state index in [0.717, 1.165) is 24.4 Å². The van der Waals surface area contributed by atoms with Gasteiger partial charge in [0.25, 0.3) is 0 Å². The van der Waals surface area contributed by atoms with Gasteiger partial charge in [-0.1, -0.05) is 6.07 Å². The highest BCUT2D eigenvalue weighted by Gasteiger charge is 2.18. The van der Waals surface area contributed by atoms with Crippen LogP contribution >= 0.6 is 0 Å². The second-order valence-electron chi connectivity index (χ2n) is 4.19. The van der Waals surface area contributed by atoms with Crippen LogP contribution in [0.25, 0.3) is 5.65 Å². The van der Waals surface area contributed by atoms with E-state index in [0.29, 0.717) is 13.1 Å². The number of piperazine rings is 1. The van der Waals surface area contributed by atoms with Gasteiger partial charge in [-0.25, -0.2) is 4.98 Å². The predicted molar refractivity (Wildman–Crippen MR) is 63.5 cm³/mol. The van der Waals surface area contributed by atoms with Gasteiger partial charge in [0.15, 0.2) is 0 Å². The molecule has 0 bridgehead atoms. The molecule has 5 nitrogen and oxygen atoms in total. The SMILES string of the molecule is O=C1CNCCN1Cc1cn2ccccc2n1. The highest BCUT2D eigenvalue weighted by Crippen LogP contribution is 2.08. The minimum Gasteiger partial charge on any atom is -0.334 e. The number of amides is 1. The number of carbonyl (C=O) groups excluding carboxylic acids is 1. The lowest BCUT2D eigenvalue weighted by atomic mass is 10.3. The topological polar surface area (TPSA) is 49.6 Å². The van der Waals surface area contributed by atoms with Crippen LogP contribution in [0.15, 0.2) is 30.6 Å². The molecule has 0 spiro atoms. The van der Waals surface area contributed by atoms with Crippen molar-refractivity contribution in [2.45, 2.75) is 6.54 Å². The van der Waals surface area contributed by atoms with E-state index in [9.17, 15) is 4.79 Å². The molecule has 1 saturated heterocycles. The minimum atomic E-state index is 0.147. The number of aromatic nitrogens is 2. The average Bonchev–Trinajstić information content (AvgIpc) is 2.74. The molecule has 1 aliphatic rings. The lowest BCUT2D eigenvalue weighted by Crippen LogP contribution is -2.47. The van der Waals surface area contributed by atoms with Crippen LogP contribution in [0, 0.1) is 0 Å². The zero-order chi connectivity index (χ0) is 11.7. The van der Waals surface area contributed by atoms with Crippen molar-refractivity contribution in [3.05, 3.63) is 36.3 Å². The lowest BCUT2D eigenvalue weighted by molar-refractivity contribution is -0.132. The molecule has 88 valence electrons. The Morgan fingerprint density at radius 2 is 2.35 bits per heavy atom. The average molecular weight is 230 g/mol. The van der Waals surface area contributed by atoms with Gasteiger partial charge in [-0.05, 0) is 12.1 Å². The van der Waals surface area contributed by atoms with Crippen LogP contribution < -0.4 is 5.32 Å². The quantitative estimate of drug-likeness (QED) is 0.805. The highest BCUT2D eigenvalue weighted by molar-refractivity contribution is 5.78. The first kappa shape index (κ1) is 10.3. The molecule has 3 rings (SSSR count). The molecule has 1 aliphatic heterocycles. The number of hydrogen-bond acceptors (Lipinski definition) is 3. The maximum Gasteiger partial charge on any atom is 0.236 e. The second-order valence-corrected chi connectivity index (χ2v) is 4.19. The van der Waals surface area contributed by atoms with Crippen LogP contribution in [-0.2, 0) is 11.3 Å². The van der Waals surface area contributed by atoms with Crippen LogP contribution in [0.1, 0.15) is 5.69 Å². The summed E-state index contributed by atoms with van der Waals surface area (Å²) in [4.78, 5) is 18.0. The summed E-state index contributed by atoms with van der Waals surface area (Å²) in [5.41, 5.74) is 1.86. The number of carbonyl (C=O) groups is 1. The van der Waals surface area contributed by atoms with E-state index >= 15 is 0 Å². The summed E-state index contributed by atoms with van der Waals surface area (Å²) in [6, 6.07) is 5.89. The molecule has 0 radical (unpaired) electrons. The first-order valence-corrected chi connectivity index (χ1v) is 5.74. The summed E-state index contributed by atoms with van der Waals surface area (Å²) in [5.74, 6) is 0.147. The van der Waals surface area contributed by atoms with E-state index in [-0.39, 0.29) is 5.91 Å². The van der Waals surface area contributed by atoms with Crippen LogP contribution in [0.4, 0.5) is 0 Å². The van der Waals surface area contributed by atoms with Gasteiger partial charge in [0.1, 0.15) is 5.65 Å². The predicted octanol–water partition coefficient (Wildman–Crippen LogP) is 0.266. The number of fused-ring (bicyclic) bond motifs is 1. The maximum absolute atomic E-state index is 11.6. The molecule has 5 heteroatoms. The standard InChI is InChI=1S/C12H14N4O/c17-12-7-13-4-6-16(12)9-10-8-15-5-2-1-3-11(15)14-10/h1-3,5,8,13H,4,6-7,9H2. The maximum atomic E-state index is 11.6. The fourth-order valence-electron chi connectivity index (χ4n) is 2.07. The van der Waals surface area contributed by atoms with Gasteiger partial charge in [-0.3, -0.25) is 4.79 Å². The van der Waals surface area contributed by atoms with Crippen molar-refractivity contribution >= 4 is 11.6 Å². The molecular weight excluding hydrogens is 216 g/mol. The molecule has 2 aromatic rings. The third-order valence-corrected chi connectivity index (χ3v) is 2.95. The molecule has 0 aliphatic carbocycles. The molecular formula is C12H14N4O. The third-order valence-electron chi connectivity index (χ3n) is 2.95. The Morgan fingerprint density at radius 3 is 3.18 bits per heavy atom. The van der Waals surface area contributed by atoms with Gasteiger partial charge in [-0.15, -0.1) is 0 Å². The Bertz CT molecular complexity index is 515. The monoisotopic (exact) mass is 230 g/mol. The van der Waals surface area contributed by atoms with Crippen molar-refractivity contribution in [1.29, 1.82) is 0 Å². The summed E-state index contributed by atoms with van der Waals surface area (Å²) < 4.78 is 1.97. The normalized spacial score (nSPS) is 16.7. The van der Waals surface area contributed by atoms with E-state index in [1.54, 1.807) is 0 Å². The van der Waals surface area contributed by atoms with Crippen LogP contribution in [0.3, 0.4) is 0 Å². The number of rotatable bonds is 2. The van der Waals surface area contributed by atoms with Crippen molar-refractivity contribution in [1.82, 2.24) is 19.6 Å². The van der Waals surface area contributed by atoms with Gasteiger partial charge in [0, 0.05) is 25.5 Å². The molecule has 0 saturated carbocycles. The van der Waals surface area contributed by atoms with Gasteiger partial charge >= 0.3 is 0 Å². The number of imidazole rings is 1. The Kier molecular flexibility index (Phi) is 2.53. The summed E-state index contributed by atoms with van der Waals surface area (Å²) >= 11 is 0. The first-order chi connectivity index (χ1) is 8.33. The van der Waals surface area contributed by atoms with Gasteiger partial charge in [0.2, 0.25) is 5.91 Å². The molecule has 0 unspecified atom stereocenters. The van der Waals surface area contributed by atoms with E-state index in [1.807, 2.05) is 39.9 Å². The fourth-order valence-corrected chi connectivity index (χ4v) is 2.07. The van der Waals surface area contributed by atoms with Crippen molar-refractivity contribution in [2.24, 2.45) is 0 Å². The number of hydrogen-bond donors (Lipinski definition) is 1. The van der Waals surface area contributed by atoms with Crippen molar-refractivity contribution < 1.29 is 4.79 Å². The molecule has 2 aromatic heterocycles. The smallest absolute Gasteiger partial charge is 0.236 e. The summed E-state index contributed by atoms with van der Waals surface area (Å²) in [7, 11) is 0. The van der Waals surface area contributed by atoms with Crippen LogP contribution in [0.5, 0.6) is 0 Å². The molecule has 3 heterocycles.